The number of aromatic nitrogens is 2. The molecule has 2 atom stereocenters. The first-order valence-electron chi connectivity index (χ1n) is 7.88. The van der Waals surface area contributed by atoms with Gasteiger partial charge in [-0.3, -0.25) is 0 Å². The van der Waals surface area contributed by atoms with E-state index >= 15 is 0 Å². The normalized spacial score (nSPS) is 25.5. The summed E-state index contributed by atoms with van der Waals surface area (Å²) in [7, 11) is 0. The van der Waals surface area contributed by atoms with Crippen LogP contribution in [-0.2, 0) is 9.47 Å². The maximum atomic E-state index is 11.4. The molecule has 1 N–H and O–H groups in total. The third-order valence-corrected chi connectivity index (χ3v) is 3.96. The van der Waals surface area contributed by atoms with Crippen LogP contribution >= 0.6 is 0 Å². The number of ether oxygens (including phenoxy) is 2. The molecule has 0 amide bonds. The molecule has 2 unspecified atom stereocenters. The van der Waals surface area contributed by atoms with Crippen molar-refractivity contribution in [3.63, 3.8) is 0 Å². The Morgan fingerprint density at radius 3 is 2.43 bits per heavy atom. The molecule has 3 rings (SSSR count). The van der Waals surface area contributed by atoms with E-state index in [9.17, 15) is 9.90 Å². The predicted molar refractivity (Wildman–Crippen MR) is 84.2 cm³/mol. The largest absolute Gasteiger partial charge is 0.477 e. The van der Waals surface area contributed by atoms with Gasteiger partial charge in [-0.1, -0.05) is 0 Å². The zero-order valence-corrected chi connectivity index (χ0v) is 13.4. The maximum absolute atomic E-state index is 11.4. The highest BCUT2D eigenvalue weighted by atomic mass is 16.5. The molecule has 2 aliphatic heterocycles. The molecule has 8 nitrogen and oxygen atoms in total. The van der Waals surface area contributed by atoms with Crippen molar-refractivity contribution in [3.8, 4) is 0 Å². The number of hydrogen-bond donors (Lipinski definition) is 1. The van der Waals surface area contributed by atoms with Crippen molar-refractivity contribution in [1.29, 1.82) is 0 Å². The van der Waals surface area contributed by atoms with Gasteiger partial charge in [0.05, 0.1) is 25.4 Å². The van der Waals surface area contributed by atoms with Crippen LogP contribution < -0.4 is 9.80 Å². The number of nitrogens with zero attached hydrogens (tertiary/aromatic N) is 4. The predicted octanol–water partition coefficient (Wildman–Crippen LogP) is 0.625. The highest BCUT2D eigenvalue weighted by Gasteiger charge is 2.26. The second-order valence-electron chi connectivity index (χ2n) is 5.98. The summed E-state index contributed by atoms with van der Waals surface area (Å²) < 4.78 is 11.1. The topological polar surface area (TPSA) is 88.0 Å². The fraction of sp³-hybridized carbons (Fsp3) is 0.667. The van der Waals surface area contributed by atoms with Crippen LogP contribution in [0.25, 0.3) is 0 Å². The molecule has 2 aliphatic rings. The van der Waals surface area contributed by atoms with E-state index in [-0.39, 0.29) is 17.9 Å². The van der Waals surface area contributed by atoms with Gasteiger partial charge in [0.15, 0.2) is 5.69 Å². The molecule has 0 radical (unpaired) electrons. The fourth-order valence-corrected chi connectivity index (χ4v) is 2.97. The Hall–Kier alpha value is -1.93. The van der Waals surface area contributed by atoms with Crippen molar-refractivity contribution >= 4 is 17.7 Å². The van der Waals surface area contributed by atoms with E-state index < -0.39 is 5.97 Å². The summed E-state index contributed by atoms with van der Waals surface area (Å²) in [5, 5.41) is 9.36. The van der Waals surface area contributed by atoms with Crippen molar-refractivity contribution in [2.75, 3.05) is 49.2 Å². The molecule has 126 valence electrons. The number of anilines is 2. The lowest BCUT2D eigenvalue weighted by Crippen LogP contribution is -2.46. The first-order valence-corrected chi connectivity index (χ1v) is 7.88. The molecule has 8 heteroatoms. The Bertz CT molecular complexity index is 567. The second-order valence-corrected chi connectivity index (χ2v) is 5.98. The van der Waals surface area contributed by atoms with Gasteiger partial charge in [-0.05, 0) is 13.8 Å². The molecule has 0 aliphatic carbocycles. The van der Waals surface area contributed by atoms with Crippen molar-refractivity contribution in [2.45, 2.75) is 26.1 Å². The Morgan fingerprint density at radius 1 is 1.17 bits per heavy atom. The van der Waals surface area contributed by atoms with E-state index in [0.717, 1.165) is 0 Å². The number of rotatable bonds is 3. The zero-order chi connectivity index (χ0) is 16.4. The van der Waals surface area contributed by atoms with E-state index in [1.807, 2.05) is 23.6 Å². The Labute approximate surface area is 135 Å². The average molecular weight is 322 g/mol. The minimum atomic E-state index is -1.04. The SMILES string of the molecule is CC1CN(c2nc(C(=O)O)cc(N3CCOCC3)n2)CC(C)O1. The zero-order valence-electron chi connectivity index (χ0n) is 13.4. The number of carboxylic acids is 1. The Balaban J connectivity index is 1.92. The van der Waals surface area contributed by atoms with Crippen LogP contribution in [0, 0.1) is 0 Å². The molecule has 2 fully saturated rings. The first kappa shape index (κ1) is 15.9. The van der Waals surface area contributed by atoms with Gasteiger partial charge in [0, 0.05) is 32.2 Å². The number of carboxylic acid groups (broad SMARTS) is 1. The summed E-state index contributed by atoms with van der Waals surface area (Å²) in [6.07, 6.45) is 0.116. The third kappa shape index (κ3) is 3.70. The lowest BCUT2D eigenvalue weighted by atomic mass is 10.2. The van der Waals surface area contributed by atoms with Gasteiger partial charge >= 0.3 is 5.97 Å². The van der Waals surface area contributed by atoms with E-state index in [1.165, 1.54) is 6.07 Å². The van der Waals surface area contributed by atoms with Gasteiger partial charge in [-0.25, -0.2) is 9.78 Å². The van der Waals surface area contributed by atoms with Crippen LogP contribution in [0.2, 0.25) is 0 Å². The first-order chi connectivity index (χ1) is 11.0. The number of hydrogen-bond acceptors (Lipinski definition) is 7. The molecule has 1 aromatic rings. The van der Waals surface area contributed by atoms with E-state index in [0.29, 0.717) is 51.2 Å². The lowest BCUT2D eigenvalue weighted by molar-refractivity contribution is -0.00572. The van der Waals surface area contributed by atoms with Crippen molar-refractivity contribution < 1.29 is 19.4 Å². The Morgan fingerprint density at radius 2 is 1.83 bits per heavy atom. The lowest BCUT2D eigenvalue weighted by Gasteiger charge is -2.36. The Kier molecular flexibility index (Phi) is 4.63. The third-order valence-electron chi connectivity index (χ3n) is 3.96. The van der Waals surface area contributed by atoms with E-state index in [1.54, 1.807) is 0 Å². The van der Waals surface area contributed by atoms with Crippen LogP contribution in [-0.4, -0.2) is 72.6 Å². The van der Waals surface area contributed by atoms with Gasteiger partial charge in [0.25, 0.3) is 0 Å². The number of carbonyl (C=O) groups is 1. The summed E-state index contributed by atoms with van der Waals surface area (Å²) in [6, 6.07) is 1.53. The summed E-state index contributed by atoms with van der Waals surface area (Å²) in [5.74, 6) is 0.0494. The highest BCUT2D eigenvalue weighted by molar-refractivity contribution is 5.86. The molecule has 0 bridgehead atoms. The van der Waals surface area contributed by atoms with Crippen LogP contribution in [0.1, 0.15) is 24.3 Å². The number of morpholine rings is 2. The van der Waals surface area contributed by atoms with E-state index in [4.69, 9.17) is 9.47 Å². The number of aromatic carboxylic acids is 1. The molecule has 2 saturated heterocycles. The van der Waals surface area contributed by atoms with Gasteiger partial charge in [0.2, 0.25) is 5.95 Å². The van der Waals surface area contributed by atoms with Crippen molar-refractivity contribution in [3.05, 3.63) is 11.8 Å². The maximum Gasteiger partial charge on any atom is 0.354 e. The molecular weight excluding hydrogens is 300 g/mol. The smallest absolute Gasteiger partial charge is 0.354 e. The monoisotopic (exact) mass is 322 g/mol. The van der Waals surface area contributed by atoms with Gasteiger partial charge in [0.1, 0.15) is 5.82 Å². The molecule has 3 heterocycles. The molecule has 0 spiro atoms. The van der Waals surface area contributed by atoms with Gasteiger partial charge in [-0.15, -0.1) is 0 Å². The molecule has 1 aromatic heterocycles. The van der Waals surface area contributed by atoms with Crippen LogP contribution in [0.15, 0.2) is 6.07 Å². The molecule has 23 heavy (non-hydrogen) atoms. The standard InChI is InChI=1S/C15H22N4O4/c1-10-8-19(9-11(2)23-10)15-16-12(14(20)21)7-13(17-15)18-3-5-22-6-4-18/h7,10-11H,3-6,8-9H2,1-2H3,(H,20,21). The van der Waals surface area contributed by atoms with Crippen LogP contribution in [0.4, 0.5) is 11.8 Å². The van der Waals surface area contributed by atoms with E-state index in [2.05, 4.69) is 9.97 Å². The van der Waals surface area contributed by atoms with Crippen LogP contribution in [0.3, 0.4) is 0 Å². The quantitative estimate of drug-likeness (QED) is 0.867. The highest BCUT2D eigenvalue weighted by Crippen LogP contribution is 2.22. The average Bonchev–Trinajstić information content (AvgIpc) is 2.54. The molecule has 0 saturated carbocycles. The van der Waals surface area contributed by atoms with Crippen LogP contribution in [0.5, 0.6) is 0 Å². The van der Waals surface area contributed by atoms with Gasteiger partial charge < -0.3 is 24.4 Å². The summed E-state index contributed by atoms with van der Waals surface area (Å²) in [5.41, 5.74) is 0.0169. The second kappa shape index (κ2) is 6.67. The van der Waals surface area contributed by atoms with Crippen molar-refractivity contribution in [2.24, 2.45) is 0 Å². The molecule has 0 aromatic carbocycles. The minimum absolute atomic E-state index is 0.0169. The van der Waals surface area contributed by atoms with Crippen molar-refractivity contribution in [1.82, 2.24) is 9.97 Å². The summed E-state index contributed by atoms with van der Waals surface area (Å²) in [4.78, 5) is 24.3. The summed E-state index contributed by atoms with van der Waals surface area (Å²) >= 11 is 0. The van der Waals surface area contributed by atoms with Gasteiger partial charge in [-0.2, -0.15) is 4.98 Å². The fourth-order valence-electron chi connectivity index (χ4n) is 2.97. The summed E-state index contributed by atoms with van der Waals surface area (Å²) in [6.45, 7) is 7.92. The minimum Gasteiger partial charge on any atom is -0.477 e. The molecular formula is C15H22N4O4.